The summed E-state index contributed by atoms with van der Waals surface area (Å²) in [6.07, 6.45) is 4.28. The Morgan fingerprint density at radius 1 is 1.19 bits per heavy atom. The van der Waals surface area contributed by atoms with Gasteiger partial charge in [0.25, 0.3) is 5.91 Å². The first-order valence-corrected chi connectivity index (χ1v) is 11.1. The second-order valence-corrected chi connectivity index (χ2v) is 9.66. The molecule has 27 heavy (non-hydrogen) atoms. The summed E-state index contributed by atoms with van der Waals surface area (Å²) < 4.78 is 32.4. The van der Waals surface area contributed by atoms with Crippen molar-refractivity contribution in [3.8, 4) is 0 Å². The van der Waals surface area contributed by atoms with Gasteiger partial charge in [-0.3, -0.25) is 4.79 Å². The van der Waals surface area contributed by atoms with Crippen molar-refractivity contribution in [2.24, 2.45) is 0 Å². The number of hydrogen-bond acceptors (Lipinski definition) is 5. The Morgan fingerprint density at radius 2 is 1.85 bits per heavy atom. The van der Waals surface area contributed by atoms with E-state index >= 15 is 0 Å². The molecule has 3 heterocycles. The summed E-state index contributed by atoms with van der Waals surface area (Å²) in [5.41, 5.74) is 0.428. The van der Waals surface area contributed by atoms with Crippen LogP contribution in [0.25, 0.3) is 0 Å². The van der Waals surface area contributed by atoms with Gasteiger partial charge < -0.3 is 15.0 Å². The van der Waals surface area contributed by atoms with Crippen LogP contribution in [0.5, 0.6) is 0 Å². The molecule has 0 saturated carbocycles. The van der Waals surface area contributed by atoms with Crippen molar-refractivity contribution < 1.29 is 17.9 Å². The average molecular weight is 394 g/mol. The summed E-state index contributed by atoms with van der Waals surface area (Å²) in [7, 11) is -1.77. The molecule has 1 N–H and O–H groups in total. The zero-order valence-electron chi connectivity index (χ0n) is 15.6. The first kappa shape index (κ1) is 18.9. The fourth-order valence-electron chi connectivity index (χ4n) is 4.44. The van der Waals surface area contributed by atoms with Crippen molar-refractivity contribution in [1.29, 1.82) is 0 Å². The lowest BCUT2D eigenvalue weighted by atomic mass is 9.98. The van der Waals surface area contributed by atoms with Gasteiger partial charge in [0.05, 0.1) is 18.1 Å². The second kappa shape index (κ2) is 7.50. The minimum atomic E-state index is -3.60. The highest BCUT2D eigenvalue weighted by Gasteiger charge is 2.36. The van der Waals surface area contributed by atoms with Crippen molar-refractivity contribution in [1.82, 2.24) is 14.5 Å². The fourth-order valence-corrected chi connectivity index (χ4v) is 5.89. The number of rotatable bonds is 4. The third kappa shape index (κ3) is 3.76. The smallest absolute Gasteiger partial charge is 0.253 e. The number of carbonyl (C=O) groups is 1. The topological polar surface area (TPSA) is 79.0 Å². The Balaban J connectivity index is 1.52. The van der Waals surface area contributed by atoms with E-state index in [4.69, 9.17) is 4.74 Å². The van der Waals surface area contributed by atoms with Crippen LogP contribution in [-0.2, 0) is 14.8 Å². The molecule has 3 saturated heterocycles. The average Bonchev–Trinajstić information content (AvgIpc) is 3.05. The van der Waals surface area contributed by atoms with Crippen LogP contribution in [0.15, 0.2) is 29.2 Å². The quantitative estimate of drug-likeness (QED) is 0.828. The maximum Gasteiger partial charge on any atom is 0.253 e. The van der Waals surface area contributed by atoms with Crippen molar-refractivity contribution in [2.75, 3.05) is 33.4 Å². The molecule has 1 amide bonds. The Kier molecular flexibility index (Phi) is 5.24. The molecule has 1 aromatic carbocycles. The first-order valence-electron chi connectivity index (χ1n) is 9.66. The summed E-state index contributed by atoms with van der Waals surface area (Å²) >= 11 is 0. The lowest BCUT2D eigenvalue weighted by molar-refractivity contribution is 0.0681. The van der Waals surface area contributed by atoms with E-state index in [2.05, 4.69) is 5.32 Å². The SMILES string of the molecule is CN(C(=O)c1cccc(S(=O)(=O)N2CCOCC2)c1)C1CC2CCC(C1)N2. The molecule has 0 spiro atoms. The number of ether oxygens (including phenoxy) is 1. The van der Waals surface area contributed by atoms with Gasteiger partial charge in [0.15, 0.2) is 0 Å². The van der Waals surface area contributed by atoms with Gasteiger partial charge in [-0.2, -0.15) is 4.31 Å². The summed E-state index contributed by atoms with van der Waals surface area (Å²) in [4.78, 5) is 15.0. The van der Waals surface area contributed by atoms with Crippen molar-refractivity contribution in [2.45, 2.75) is 48.7 Å². The number of benzene rings is 1. The molecule has 3 aliphatic rings. The number of carbonyl (C=O) groups excluding carboxylic acids is 1. The van der Waals surface area contributed by atoms with E-state index in [1.807, 2.05) is 7.05 Å². The van der Waals surface area contributed by atoms with Gasteiger partial charge in [0, 0.05) is 43.8 Å². The van der Waals surface area contributed by atoms with E-state index in [0.717, 1.165) is 12.8 Å². The van der Waals surface area contributed by atoms with Gasteiger partial charge in [-0.25, -0.2) is 8.42 Å². The Morgan fingerprint density at radius 3 is 2.52 bits per heavy atom. The molecular weight excluding hydrogens is 366 g/mol. The van der Waals surface area contributed by atoms with Crippen LogP contribution in [0, 0.1) is 0 Å². The summed E-state index contributed by atoms with van der Waals surface area (Å²) in [5.74, 6) is -0.111. The van der Waals surface area contributed by atoms with Crippen molar-refractivity contribution in [3.63, 3.8) is 0 Å². The van der Waals surface area contributed by atoms with Crippen LogP contribution < -0.4 is 5.32 Å². The monoisotopic (exact) mass is 393 g/mol. The number of nitrogens with one attached hydrogen (secondary N) is 1. The van der Waals surface area contributed by atoms with Gasteiger partial charge in [0.2, 0.25) is 10.0 Å². The molecule has 8 heteroatoms. The summed E-state index contributed by atoms with van der Waals surface area (Å²) in [5, 5.41) is 3.59. The highest BCUT2D eigenvalue weighted by Crippen LogP contribution is 2.30. The zero-order chi connectivity index (χ0) is 19.0. The molecule has 4 rings (SSSR count). The molecule has 0 aliphatic carbocycles. The molecule has 2 bridgehead atoms. The van der Waals surface area contributed by atoms with E-state index in [1.165, 1.54) is 23.2 Å². The number of sulfonamides is 1. The van der Waals surface area contributed by atoms with Crippen LogP contribution in [0.4, 0.5) is 0 Å². The molecule has 148 valence electrons. The van der Waals surface area contributed by atoms with Gasteiger partial charge in [-0.15, -0.1) is 0 Å². The lowest BCUT2D eigenvalue weighted by Gasteiger charge is -2.35. The molecule has 2 unspecified atom stereocenters. The van der Waals surface area contributed by atoms with Crippen molar-refractivity contribution in [3.05, 3.63) is 29.8 Å². The third-order valence-electron chi connectivity index (χ3n) is 6.01. The number of amides is 1. The largest absolute Gasteiger partial charge is 0.379 e. The van der Waals surface area contributed by atoms with Crippen LogP contribution in [0.2, 0.25) is 0 Å². The molecule has 2 atom stereocenters. The Hall–Kier alpha value is -1.48. The number of hydrogen-bond donors (Lipinski definition) is 1. The maximum atomic E-state index is 13.0. The second-order valence-electron chi connectivity index (χ2n) is 7.72. The van der Waals surface area contributed by atoms with Crippen molar-refractivity contribution >= 4 is 15.9 Å². The number of nitrogens with zero attached hydrogens (tertiary/aromatic N) is 2. The zero-order valence-corrected chi connectivity index (χ0v) is 16.5. The summed E-state index contributed by atoms with van der Waals surface area (Å²) in [6.45, 7) is 1.49. The predicted molar refractivity (Wildman–Crippen MR) is 101 cm³/mol. The van der Waals surface area contributed by atoms with E-state index in [0.29, 0.717) is 44.0 Å². The van der Waals surface area contributed by atoms with E-state index in [1.54, 1.807) is 23.1 Å². The number of fused-ring (bicyclic) bond motifs is 2. The molecule has 0 radical (unpaired) electrons. The highest BCUT2D eigenvalue weighted by molar-refractivity contribution is 7.89. The van der Waals surface area contributed by atoms with Gasteiger partial charge in [-0.05, 0) is 43.9 Å². The normalized spacial score (nSPS) is 28.9. The maximum absolute atomic E-state index is 13.0. The van der Waals surface area contributed by atoms with Crippen LogP contribution in [-0.4, -0.2) is 75.0 Å². The lowest BCUT2D eigenvalue weighted by Crippen LogP contribution is -2.48. The van der Waals surface area contributed by atoms with Gasteiger partial charge in [-0.1, -0.05) is 6.07 Å². The van der Waals surface area contributed by atoms with Crippen LogP contribution >= 0.6 is 0 Å². The minimum absolute atomic E-state index is 0.111. The fraction of sp³-hybridized carbons (Fsp3) is 0.632. The molecule has 1 aromatic rings. The van der Waals surface area contributed by atoms with Gasteiger partial charge in [0.1, 0.15) is 0 Å². The molecule has 3 aliphatic heterocycles. The Labute approximate surface area is 160 Å². The molecule has 0 aromatic heterocycles. The third-order valence-corrected chi connectivity index (χ3v) is 7.90. The van der Waals surface area contributed by atoms with E-state index in [-0.39, 0.29) is 16.8 Å². The number of piperidine rings is 1. The van der Waals surface area contributed by atoms with Crippen LogP contribution in [0.3, 0.4) is 0 Å². The molecular formula is C19H27N3O4S. The van der Waals surface area contributed by atoms with Crippen LogP contribution in [0.1, 0.15) is 36.0 Å². The standard InChI is InChI=1S/C19H27N3O4S/c1-21(17-12-15-5-6-16(13-17)20-15)19(23)14-3-2-4-18(11-14)27(24,25)22-7-9-26-10-8-22/h2-4,11,15-17,20H,5-10,12-13H2,1H3. The Bertz CT molecular complexity index is 795. The highest BCUT2D eigenvalue weighted by atomic mass is 32.2. The summed E-state index contributed by atoms with van der Waals surface area (Å²) in [6, 6.07) is 7.63. The first-order chi connectivity index (χ1) is 12.9. The predicted octanol–water partition coefficient (Wildman–Crippen LogP) is 1.06. The van der Waals surface area contributed by atoms with E-state index < -0.39 is 10.0 Å². The van der Waals surface area contributed by atoms with E-state index in [9.17, 15) is 13.2 Å². The molecule has 7 nitrogen and oxygen atoms in total. The minimum Gasteiger partial charge on any atom is -0.379 e. The molecule has 3 fully saturated rings. The van der Waals surface area contributed by atoms with Gasteiger partial charge >= 0.3 is 0 Å². The number of morpholine rings is 1.